The highest BCUT2D eigenvalue weighted by atomic mass is 32.2. The van der Waals surface area contributed by atoms with Crippen molar-refractivity contribution < 1.29 is 14.1 Å². The lowest BCUT2D eigenvalue weighted by atomic mass is 10.00. The van der Waals surface area contributed by atoms with Gasteiger partial charge in [0.2, 0.25) is 5.95 Å². The van der Waals surface area contributed by atoms with E-state index in [1.165, 1.54) is 0 Å². The van der Waals surface area contributed by atoms with Crippen molar-refractivity contribution in [3.8, 4) is 0 Å². The van der Waals surface area contributed by atoms with Crippen molar-refractivity contribution in [2.24, 2.45) is 0 Å². The molecule has 4 aromatic rings. The standard InChI is InChI=1S/C28H29N5O3S2/c1-18-15-22-25(37-18)26(29-21-11-12-33(28(34)35)23(21)16-19-7-3-2-4-8-19)31-27(30-22)32-13-14-38(36)24-10-6-5-9-20(24)17-32/h2-10,15,21,23H,11-14,16-17H2,1H3,(H,34,35)(H,29,30,31). The fourth-order valence-electron chi connectivity index (χ4n) is 5.43. The van der Waals surface area contributed by atoms with E-state index in [2.05, 4.69) is 23.2 Å². The van der Waals surface area contributed by atoms with E-state index in [1.54, 1.807) is 16.2 Å². The Bertz CT molecular complexity index is 1510. The number of nitrogens with zero attached hydrogens (tertiary/aromatic N) is 4. The molecule has 1 amide bonds. The molecular formula is C28H29N5O3S2. The summed E-state index contributed by atoms with van der Waals surface area (Å²) in [5, 5.41) is 13.5. The highest BCUT2D eigenvalue weighted by Crippen LogP contribution is 2.34. The van der Waals surface area contributed by atoms with E-state index < -0.39 is 16.9 Å². The number of amides is 1. The van der Waals surface area contributed by atoms with Crippen molar-refractivity contribution in [2.45, 2.75) is 43.3 Å². The first-order valence-electron chi connectivity index (χ1n) is 12.8. The fraction of sp³-hybridized carbons (Fsp3) is 0.321. The molecule has 38 heavy (non-hydrogen) atoms. The third kappa shape index (κ3) is 4.86. The molecule has 0 aliphatic carbocycles. The number of hydrogen-bond acceptors (Lipinski definition) is 7. The van der Waals surface area contributed by atoms with Crippen LogP contribution in [0.5, 0.6) is 0 Å². The summed E-state index contributed by atoms with van der Waals surface area (Å²) >= 11 is 1.64. The first-order chi connectivity index (χ1) is 18.5. The predicted molar refractivity (Wildman–Crippen MR) is 152 cm³/mol. The number of carbonyl (C=O) groups is 1. The summed E-state index contributed by atoms with van der Waals surface area (Å²) in [6.07, 6.45) is 0.432. The van der Waals surface area contributed by atoms with Crippen molar-refractivity contribution in [1.82, 2.24) is 14.9 Å². The number of aryl methyl sites for hydroxylation is 1. The van der Waals surface area contributed by atoms with Gasteiger partial charge in [0.25, 0.3) is 0 Å². The van der Waals surface area contributed by atoms with Gasteiger partial charge in [-0.3, -0.25) is 4.21 Å². The van der Waals surface area contributed by atoms with Crippen LogP contribution in [0.1, 0.15) is 22.4 Å². The van der Waals surface area contributed by atoms with Crippen molar-refractivity contribution in [3.05, 3.63) is 76.7 Å². The lowest BCUT2D eigenvalue weighted by Crippen LogP contribution is -2.43. The number of carboxylic acid groups (broad SMARTS) is 1. The van der Waals surface area contributed by atoms with Crippen LogP contribution in [0, 0.1) is 6.92 Å². The maximum absolute atomic E-state index is 12.8. The van der Waals surface area contributed by atoms with Gasteiger partial charge in [-0.05, 0) is 43.0 Å². The van der Waals surface area contributed by atoms with Crippen LogP contribution in [-0.2, 0) is 23.8 Å². The summed E-state index contributed by atoms with van der Waals surface area (Å²) in [4.78, 5) is 27.6. The molecule has 2 aliphatic rings. The first-order valence-corrected chi connectivity index (χ1v) is 14.9. The van der Waals surface area contributed by atoms with E-state index in [0.717, 1.165) is 36.9 Å². The van der Waals surface area contributed by atoms with Crippen molar-refractivity contribution in [2.75, 3.05) is 29.1 Å². The molecule has 10 heteroatoms. The Balaban J connectivity index is 1.34. The summed E-state index contributed by atoms with van der Waals surface area (Å²) in [5.41, 5.74) is 3.00. The largest absolute Gasteiger partial charge is 0.465 e. The minimum atomic E-state index is -1.06. The fourth-order valence-corrected chi connectivity index (χ4v) is 7.60. The van der Waals surface area contributed by atoms with E-state index >= 15 is 0 Å². The second-order valence-electron chi connectivity index (χ2n) is 9.80. The Hall–Kier alpha value is -3.50. The molecule has 1 fully saturated rings. The molecule has 6 rings (SSSR count). The molecule has 2 aromatic carbocycles. The van der Waals surface area contributed by atoms with Gasteiger partial charge in [0, 0.05) is 35.2 Å². The molecule has 0 radical (unpaired) electrons. The van der Waals surface area contributed by atoms with Gasteiger partial charge in [-0.15, -0.1) is 11.3 Å². The average Bonchev–Trinajstić information content (AvgIpc) is 3.44. The highest BCUT2D eigenvalue weighted by Gasteiger charge is 2.38. The second kappa shape index (κ2) is 10.3. The number of nitrogens with one attached hydrogen (secondary N) is 1. The summed E-state index contributed by atoms with van der Waals surface area (Å²) in [6, 6.07) is 19.7. The molecule has 196 valence electrons. The third-order valence-electron chi connectivity index (χ3n) is 7.29. The van der Waals surface area contributed by atoms with Crippen LogP contribution >= 0.6 is 11.3 Å². The number of fused-ring (bicyclic) bond motifs is 2. The van der Waals surface area contributed by atoms with Gasteiger partial charge in [-0.1, -0.05) is 48.5 Å². The predicted octanol–water partition coefficient (Wildman–Crippen LogP) is 4.90. The molecule has 3 unspecified atom stereocenters. The minimum Gasteiger partial charge on any atom is -0.465 e. The van der Waals surface area contributed by atoms with Crippen molar-refractivity contribution in [1.29, 1.82) is 0 Å². The minimum absolute atomic E-state index is 0.0861. The summed E-state index contributed by atoms with van der Waals surface area (Å²) < 4.78 is 13.8. The van der Waals surface area contributed by atoms with Crippen LogP contribution in [0.25, 0.3) is 10.2 Å². The summed E-state index contributed by atoms with van der Waals surface area (Å²) in [6.45, 7) is 3.70. The number of benzene rings is 2. The molecule has 2 N–H and O–H groups in total. The summed E-state index contributed by atoms with van der Waals surface area (Å²) in [5.74, 6) is 1.84. The van der Waals surface area contributed by atoms with Crippen LogP contribution in [0.3, 0.4) is 0 Å². The summed E-state index contributed by atoms with van der Waals surface area (Å²) in [7, 11) is -1.06. The maximum atomic E-state index is 12.8. The van der Waals surface area contributed by atoms with Gasteiger partial charge in [0.05, 0.1) is 33.1 Å². The Kier molecular flexibility index (Phi) is 6.75. The van der Waals surface area contributed by atoms with Crippen LogP contribution in [0.2, 0.25) is 0 Å². The number of thiophene rings is 1. The molecule has 4 heterocycles. The van der Waals surface area contributed by atoms with E-state index in [9.17, 15) is 14.1 Å². The molecule has 0 bridgehead atoms. The smallest absolute Gasteiger partial charge is 0.407 e. The Morgan fingerprint density at radius 2 is 1.92 bits per heavy atom. The first kappa shape index (κ1) is 24.8. The lowest BCUT2D eigenvalue weighted by Gasteiger charge is -2.28. The number of anilines is 2. The van der Waals surface area contributed by atoms with Crippen molar-refractivity contribution in [3.63, 3.8) is 0 Å². The van der Waals surface area contributed by atoms with Crippen LogP contribution in [-0.4, -0.2) is 61.2 Å². The van der Waals surface area contributed by atoms with Crippen LogP contribution in [0.15, 0.2) is 65.6 Å². The van der Waals surface area contributed by atoms with Gasteiger partial charge >= 0.3 is 6.09 Å². The maximum Gasteiger partial charge on any atom is 0.407 e. The molecule has 0 spiro atoms. The molecule has 1 saturated heterocycles. The van der Waals surface area contributed by atoms with Crippen LogP contribution < -0.4 is 10.2 Å². The number of aromatic nitrogens is 2. The van der Waals surface area contributed by atoms with Gasteiger partial charge < -0.3 is 20.2 Å². The third-order valence-corrected chi connectivity index (χ3v) is 9.78. The molecule has 2 aliphatic heterocycles. The van der Waals surface area contributed by atoms with Gasteiger partial charge in [0.1, 0.15) is 5.82 Å². The number of hydrogen-bond donors (Lipinski definition) is 2. The van der Waals surface area contributed by atoms with E-state index in [4.69, 9.17) is 9.97 Å². The molecule has 3 atom stereocenters. The zero-order chi connectivity index (χ0) is 26.2. The zero-order valence-electron chi connectivity index (χ0n) is 21.0. The highest BCUT2D eigenvalue weighted by molar-refractivity contribution is 7.85. The van der Waals surface area contributed by atoms with Gasteiger partial charge in [-0.2, -0.15) is 4.98 Å². The Morgan fingerprint density at radius 3 is 2.74 bits per heavy atom. The SMILES string of the molecule is Cc1cc2nc(N3CCS(=O)c4ccccc4C3)nc(NC3CCN(C(=O)O)C3Cc3ccccc3)c2s1. The Morgan fingerprint density at radius 1 is 1.13 bits per heavy atom. The normalized spacial score (nSPS) is 21.3. The molecule has 2 aromatic heterocycles. The Labute approximate surface area is 227 Å². The topological polar surface area (TPSA) is 98.7 Å². The van der Waals surface area contributed by atoms with Crippen LogP contribution in [0.4, 0.5) is 16.6 Å². The number of rotatable bonds is 5. The zero-order valence-corrected chi connectivity index (χ0v) is 22.7. The second-order valence-corrected chi connectivity index (χ2v) is 12.6. The molecule has 0 saturated carbocycles. The monoisotopic (exact) mass is 547 g/mol. The van der Waals surface area contributed by atoms with E-state index in [1.807, 2.05) is 54.6 Å². The van der Waals surface area contributed by atoms with Crippen molar-refractivity contribution >= 4 is 50.2 Å². The number of likely N-dealkylation sites (tertiary alicyclic amines) is 1. The van der Waals surface area contributed by atoms with Gasteiger partial charge in [0.15, 0.2) is 0 Å². The van der Waals surface area contributed by atoms with E-state index in [-0.39, 0.29) is 12.1 Å². The average molecular weight is 548 g/mol. The van der Waals surface area contributed by atoms with Gasteiger partial charge in [-0.25, -0.2) is 9.78 Å². The molecule has 8 nitrogen and oxygen atoms in total. The molecular weight excluding hydrogens is 518 g/mol. The quantitative estimate of drug-likeness (QED) is 0.367. The lowest BCUT2D eigenvalue weighted by molar-refractivity contribution is 0.139. The van der Waals surface area contributed by atoms with E-state index in [0.29, 0.717) is 44.2 Å².